The van der Waals surface area contributed by atoms with E-state index in [0.717, 1.165) is 49.9 Å². The highest BCUT2D eigenvalue weighted by atomic mass is 16.2. The van der Waals surface area contributed by atoms with Gasteiger partial charge in [0.15, 0.2) is 0 Å². The molecule has 1 aliphatic carbocycles. The normalized spacial score (nSPS) is 19.7. The van der Waals surface area contributed by atoms with Crippen LogP contribution in [0.2, 0.25) is 0 Å². The van der Waals surface area contributed by atoms with E-state index in [0.29, 0.717) is 13.1 Å². The molecule has 6 heteroatoms. The van der Waals surface area contributed by atoms with Crippen molar-refractivity contribution in [2.45, 2.75) is 65.5 Å². The molecular formula is C18H28N4O2. The summed E-state index contributed by atoms with van der Waals surface area (Å²) in [5.41, 5.74) is 2.94. The molecule has 3 rings (SSSR count). The molecular weight excluding hydrogens is 304 g/mol. The number of aromatic nitrogens is 2. The van der Waals surface area contributed by atoms with Gasteiger partial charge in [-0.2, -0.15) is 5.10 Å². The van der Waals surface area contributed by atoms with Crippen LogP contribution < -0.4 is 5.32 Å². The minimum Gasteiger partial charge on any atom is -0.350 e. The number of amides is 2. The van der Waals surface area contributed by atoms with Gasteiger partial charge in [-0.3, -0.25) is 14.3 Å². The molecule has 1 aromatic rings. The molecule has 0 aromatic carbocycles. The molecule has 0 spiro atoms. The second kappa shape index (κ2) is 6.57. The number of hydrogen-bond donors (Lipinski definition) is 1. The summed E-state index contributed by atoms with van der Waals surface area (Å²) >= 11 is 0. The smallest absolute Gasteiger partial charge is 0.226 e. The fourth-order valence-corrected chi connectivity index (χ4v) is 4.02. The zero-order valence-corrected chi connectivity index (χ0v) is 15.0. The summed E-state index contributed by atoms with van der Waals surface area (Å²) in [5, 5.41) is 7.69. The molecule has 132 valence electrons. The predicted molar refractivity (Wildman–Crippen MR) is 91.0 cm³/mol. The first kappa shape index (κ1) is 17.0. The highest BCUT2D eigenvalue weighted by Gasteiger charge is 2.34. The highest BCUT2D eigenvalue weighted by Crippen LogP contribution is 2.36. The van der Waals surface area contributed by atoms with E-state index in [9.17, 15) is 9.59 Å². The van der Waals surface area contributed by atoms with Crippen LogP contribution in [0.5, 0.6) is 0 Å². The van der Waals surface area contributed by atoms with Gasteiger partial charge in [0, 0.05) is 50.2 Å². The lowest BCUT2D eigenvalue weighted by atomic mass is 9.75. The van der Waals surface area contributed by atoms with Crippen molar-refractivity contribution >= 4 is 11.8 Å². The van der Waals surface area contributed by atoms with E-state index in [1.807, 2.05) is 16.6 Å². The Bertz CT molecular complexity index is 644. The van der Waals surface area contributed by atoms with E-state index in [1.165, 1.54) is 12.1 Å². The SMILES string of the molecule is CC(=O)N1CCc2c(c(CNC(=O)C3(C)CCCCC3)nn2C)C1. The Hall–Kier alpha value is -1.85. The van der Waals surface area contributed by atoms with Crippen molar-refractivity contribution in [2.24, 2.45) is 12.5 Å². The fourth-order valence-electron chi connectivity index (χ4n) is 4.02. The molecule has 6 nitrogen and oxygen atoms in total. The molecule has 2 aliphatic rings. The maximum absolute atomic E-state index is 12.6. The summed E-state index contributed by atoms with van der Waals surface area (Å²) in [4.78, 5) is 26.1. The van der Waals surface area contributed by atoms with Crippen LogP contribution in [0.3, 0.4) is 0 Å². The van der Waals surface area contributed by atoms with Crippen LogP contribution in [0.15, 0.2) is 0 Å². The fraction of sp³-hybridized carbons (Fsp3) is 0.722. The summed E-state index contributed by atoms with van der Waals surface area (Å²) in [6.07, 6.45) is 6.27. The van der Waals surface area contributed by atoms with Crippen molar-refractivity contribution in [3.63, 3.8) is 0 Å². The van der Waals surface area contributed by atoms with Crippen molar-refractivity contribution in [3.8, 4) is 0 Å². The standard InChI is InChI=1S/C18H28N4O2/c1-13(23)22-10-7-16-14(12-22)15(20-21(16)3)11-19-17(24)18(2)8-5-4-6-9-18/h4-12H2,1-3H3,(H,19,24). The van der Waals surface area contributed by atoms with Crippen LogP contribution in [-0.4, -0.2) is 33.0 Å². The molecule has 1 aromatic heterocycles. The van der Waals surface area contributed by atoms with Crippen LogP contribution in [0, 0.1) is 5.41 Å². The van der Waals surface area contributed by atoms with Gasteiger partial charge in [-0.25, -0.2) is 0 Å². The molecule has 1 saturated carbocycles. The van der Waals surface area contributed by atoms with E-state index in [-0.39, 0.29) is 17.2 Å². The first-order valence-corrected chi connectivity index (χ1v) is 8.98. The molecule has 2 heterocycles. The van der Waals surface area contributed by atoms with Gasteiger partial charge >= 0.3 is 0 Å². The number of carbonyl (C=O) groups excluding carboxylic acids is 2. The molecule has 2 amide bonds. The van der Waals surface area contributed by atoms with Crippen molar-refractivity contribution < 1.29 is 9.59 Å². The monoisotopic (exact) mass is 332 g/mol. The maximum Gasteiger partial charge on any atom is 0.226 e. The van der Waals surface area contributed by atoms with Crippen LogP contribution in [0.25, 0.3) is 0 Å². The largest absolute Gasteiger partial charge is 0.350 e. The van der Waals surface area contributed by atoms with Crippen LogP contribution >= 0.6 is 0 Å². The van der Waals surface area contributed by atoms with E-state index >= 15 is 0 Å². The minimum absolute atomic E-state index is 0.0919. The summed E-state index contributed by atoms with van der Waals surface area (Å²) in [5.74, 6) is 0.232. The van der Waals surface area contributed by atoms with E-state index < -0.39 is 0 Å². The Morgan fingerprint density at radius 1 is 1.25 bits per heavy atom. The summed E-state index contributed by atoms with van der Waals surface area (Å²) < 4.78 is 1.90. The second-order valence-electron chi connectivity index (χ2n) is 7.49. The average Bonchev–Trinajstić information content (AvgIpc) is 2.89. The lowest BCUT2D eigenvalue weighted by Crippen LogP contribution is -2.40. The van der Waals surface area contributed by atoms with Gasteiger partial charge in [-0.05, 0) is 12.8 Å². The van der Waals surface area contributed by atoms with Gasteiger partial charge in [0.05, 0.1) is 12.2 Å². The number of hydrogen-bond acceptors (Lipinski definition) is 3. The quantitative estimate of drug-likeness (QED) is 0.919. The Kier molecular flexibility index (Phi) is 4.65. The molecule has 0 radical (unpaired) electrons. The zero-order chi connectivity index (χ0) is 17.3. The Morgan fingerprint density at radius 2 is 1.96 bits per heavy atom. The number of nitrogens with zero attached hydrogens (tertiary/aromatic N) is 3. The molecule has 1 N–H and O–H groups in total. The number of carbonyl (C=O) groups is 2. The van der Waals surface area contributed by atoms with E-state index in [1.54, 1.807) is 6.92 Å². The van der Waals surface area contributed by atoms with Crippen LogP contribution in [-0.2, 0) is 36.1 Å². The first-order chi connectivity index (χ1) is 11.4. The summed E-state index contributed by atoms with van der Waals surface area (Å²) in [7, 11) is 1.94. The Labute approximate surface area is 143 Å². The Morgan fingerprint density at radius 3 is 2.62 bits per heavy atom. The molecule has 0 atom stereocenters. The van der Waals surface area contributed by atoms with Gasteiger partial charge in [0.2, 0.25) is 11.8 Å². The predicted octanol–water partition coefficient (Wildman–Crippen LogP) is 1.91. The van der Waals surface area contributed by atoms with E-state index in [4.69, 9.17) is 0 Å². The Balaban J connectivity index is 1.70. The van der Waals surface area contributed by atoms with Gasteiger partial charge in [0.1, 0.15) is 0 Å². The maximum atomic E-state index is 12.6. The molecule has 0 unspecified atom stereocenters. The lowest BCUT2D eigenvalue weighted by Gasteiger charge is -2.32. The third-order valence-electron chi connectivity index (χ3n) is 5.69. The average molecular weight is 332 g/mol. The zero-order valence-electron chi connectivity index (χ0n) is 15.0. The number of aryl methyl sites for hydroxylation is 1. The number of nitrogens with one attached hydrogen (secondary N) is 1. The van der Waals surface area contributed by atoms with Crippen molar-refractivity contribution in [3.05, 3.63) is 17.0 Å². The third-order valence-corrected chi connectivity index (χ3v) is 5.69. The summed E-state index contributed by atoms with van der Waals surface area (Å²) in [6, 6.07) is 0. The van der Waals surface area contributed by atoms with E-state index in [2.05, 4.69) is 17.3 Å². The third kappa shape index (κ3) is 3.19. The lowest BCUT2D eigenvalue weighted by molar-refractivity contribution is -0.132. The minimum atomic E-state index is -0.238. The first-order valence-electron chi connectivity index (χ1n) is 8.98. The molecule has 24 heavy (non-hydrogen) atoms. The van der Waals surface area contributed by atoms with Gasteiger partial charge in [-0.15, -0.1) is 0 Å². The molecule has 0 saturated heterocycles. The molecule has 1 fully saturated rings. The van der Waals surface area contributed by atoms with Crippen molar-refractivity contribution in [2.75, 3.05) is 6.54 Å². The second-order valence-corrected chi connectivity index (χ2v) is 7.49. The topological polar surface area (TPSA) is 67.2 Å². The van der Waals surface area contributed by atoms with Gasteiger partial charge in [-0.1, -0.05) is 26.2 Å². The molecule has 0 bridgehead atoms. The van der Waals surface area contributed by atoms with Gasteiger partial charge < -0.3 is 10.2 Å². The van der Waals surface area contributed by atoms with Crippen molar-refractivity contribution in [1.82, 2.24) is 20.0 Å². The highest BCUT2D eigenvalue weighted by molar-refractivity contribution is 5.82. The van der Waals surface area contributed by atoms with Crippen LogP contribution in [0.4, 0.5) is 0 Å². The van der Waals surface area contributed by atoms with Crippen LogP contribution in [0.1, 0.15) is 62.9 Å². The van der Waals surface area contributed by atoms with Crippen molar-refractivity contribution in [1.29, 1.82) is 0 Å². The number of rotatable bonds is 3. The van der Waals surface area contributed by atoms with Gasteiger partial charge in [0.25, 0.3) is 0 Å². The molecule has 1 aliphatic heterocycles. The summed E-state index contributed by atoms with van der Waals surface area (Å²) in [6.45, 7) is 5.47. The number of fused-ring (bicyclic) bond motifs is 1.